The molecule has 38 heavy (non-hydrogen) atoms. The predicted octanol–water partition coefficient (Wildman–Crippen LogP) is 9.43. The van der Waals surface area contributed by atoms with Gasteiger partial charge in [-0.1, -0.05) is 60.6 Å². The fraction of sp³-hybridized carbons (Fsp3) is 0.176. The molecule has 1 aliphatic rings. The molecule has 0 aliphatic heterocycles. The monoisotopic (exact) mass is 694 g/mol. The van der Waals surface area contributed by atoms with E-state index in [0.717, 1.165) is 32.6 Å². The fourth-order valence-corrected chi connectivity index (χ4v) is 5.95. The van der Waals surface area contributed by atoms with Gasteiger partial charge in [-0.05, 0) is 64.3 Å². The Morgan fingerprint density at radius 2 is 1.68 bits per heavy atom. The maximum atomic E-state index is 8.17. The summed E-state index contributed by atoms with van der Waals surface area (Å²) in [5.41, 5.74) is 4.16. The van der Waals surface area contributed by atoms with Gasteiger partial charge in [-0.3, -0.25) is 0 Å². The Balaban J connectivity index is 0.000000179. The first kappa shape index (κ1) is 20.7. The minimum atomic E-state index is -2.45. The van der Waals surface area contributed by atoms with Crippen molar-refractivity contribution in [3.8, 4) is 22.5 Å². The van der Waals surface area contributed by atoms with Crippen LogP contribution in [0.5, 0.6) is 0 Å². The zero-order chi connectivity index (χ0) is 29.3. The molecule has 3 aromatic heterocycles. The van der Waals surface area contributed by atoms with E-state index in [1.54, 1.807) is 11.3 Å². The maximum Gasteiger partial charge on any atom is 0.0618 e. The minimum absolute atomic E-state index is 0. The SMILES string of the molecule is [2H]c1c(C([2H])([2H])[2H])cnc(-c2[c-]cc3sc4ccccc4c3c2)c1[2H].[Ir].[c-]1ccccc1-c1ccc(C2CCCC2)cn1. The summed E-state index contributed by atoms with van der Waals surface area (Å²) in [6.07, 6.45) is 8.63. The van der Waals surface area contributed by atoms with Gasteiger partial charge in [-0.15, -0.1) is 59.7 Å². The molecular weight excluding hydrogens is 661 g/mol. The summed E-state index contributed by atoms with van der Waals surface area (Å²) in [6.45, 7) is -2.45. The first-order valence-electron chi connectivity index (χ1n) is 15.0. The molecule has 1 saturated carbocycles. The molecule has 0 bridgehead atoms. The number of fused-ring (bicyclic) bond motifs is 3. The summed E-state index contributed by atoms with van der Waals surface area (Å²) in [5, 5.41) is 2.16. The molecule has 0 saturated heterocycles. The fourth-order valence-electron chi connectivity index (χ4n) is 4.88. The summed E-state index contributed by atoms with van der Waals surface area (Å²) < 4.78 is 40.8. The van der Waals surface area contributed by atoms with E-state index < -0.39 is 6.85 Å². The molecule has 3 heterocycles. The molecule has 7 rings (SSSR count). The van der Waals surface area contributed by atoms with Crippen molar-refractivity contribution in [2.24, 2.45) is 0 Å². The van der Waals surface area contributed by atoms with Gasteiger partial charge in [0.15, 0.2) is 0 Å². The van der Waals surface area contributed by atoms with E-state index in [-0.39, 0.29) is 43.4 Å². The predicted molar refractivity (Wildman–Crippen MR) is 156 cm³/mol. The van der Waals surface area contributed by atoms with Gasteiger partial charge >= 0.3 is 0 Å². The van der Waals surface area contributed by atoms with E-state index in [0.29, 0.717) is 5.56 Å². The van der Waals surface area contributed by atoms with Gasteiger partial charge in [0, 0.05) is 41.3 Å². The first-order chi connectivity index (χ1) is 20.3. The van der Waals surface area contributed by atoms with Crippen molar-refractivity contribution in [2.45, 2.75) is 38.5 Å². The third kappa shape index (κ3) is 5.78. The van der Waals surface area contributed by atoms with E-state index >= 15 is 0 Å². The molecule has 1 aliphatic carbocycles. The number of nitrogens with zero attached hydrogens (tertiary/aromatic N) is 2. The molecule has 6 aromatic rings. The quantitative estimate of drug-likeness (QED) is 0.173. The number of thiophene rings is 1. The van der Waals surface area contributed by atoms with Gasteiger partial charge in [0.25, 0.3) is 0 Å². The molecule has 0 spiro atoms. The minimum Gasteiger partial charge on any atom is -0.304 e. The van der Waals surface area contributed by atoms with Gasteiger partial charge in [0.1, 0.15) is 0 Å². The summed E-state index contributed by atoms with van der Waals surface area (Å²) in [6, 6.07) is 30.0. The van der Waals surface area contributed by atoms with E-state index in [4.69, 9.17) is 6.85 Å². The zero-order valence-corrected chi connectivity index (χ0v) is 23.8. The van der Waals surface area contributed by atoms with Crippen molar-refractivity contribution >= 4 is 31.5 Å². The van der Waals surface area contributed by atoms with Crippen LogP contribution in [0.15, 0.2) is 97.3 Å². The third-order valence-corrected chi connectivity index (χ3v) is 7.94. The van der Waals surface area contributed by atoms with Gasteiger partial charge in [-0.25, -0.2) is 0 Å². The zero-order valence-electron chi connectivity index (χ0n) is 25.6. The van der Waals surface area contributed by atoms with Gasteiger partial charge in [-0.2, -0.15) is 11.3 Å². The first-order valence-corrected chi connectivity index (χ1v) is 13.3. The molecule has 191 valence electrons. The van der Waals surface area contributed by atoms with E-state index in [9.17, 15) is 0 Å². The van der Waals surface area contributed by atoms with Crippen LogP contribution in [-0.4, -0.2) is 9.97 Å². The number of hydrogen-bond donors (Lipinski definition) is 0. The number of aryl methyl sites for hydroxylation is 1. The summed E-state index contributed by atoms with van der Waals surface area (Å²) in [5.74, 6) is 0.747. The van der Waals surface area contributed by atoms with Crippen LogP contribution >= 0.6 is 11.3 Å². The Morgan fingerprint density at radius 3 is 2.47 bits per heavy atom. The number of pyridine rings is 2. The Labute approximate surface area is 249 Å². The van der Waals surface area contributed by atoms with Crippen LogP contribution in [0.1, 0.15) is 49.6 Å². The van der Waals surface area contributed by atoms with Crippen LogP contribution in [0.3, 0.4) is 0 Å². The smallest absolute Gasteiger partial charge is 0.0618 e. The summed E-state index contributed by atoms with van der Waals surface area (Å²) >= 11 is 1.67. The topological polar surface area (TPSA) is 25.8 Å². The molecule has 3 aromatic carbocycles. The molecule has 0 amide bonds. The number of rotatable bonds is 3. The Hall–Kier alpha value is -3.17. The van der Waals surface area contributed by atoms with Crippen LogP contribution < -0.4 is 0 Å². The van der Waals surface area contributed by atoms with E-state index in [1.165, 1.54) is 42.1 Å². The second kappa shape index (κ2) is 12.1. The van der Waals surface area contributed by atoms with Crippen LogP contribution in [-0.2, 0) is 20.1 Å². The molecule has 0 unspecified atom stereocenters. The van der Waals surface area contributed by atoms with Crippen molar-refractivity contribution < 1.29 is 27.0 Å². The molecular formula is C34H28IrN2S-2. The van der Waals surface area contributed by atoms with Crippen LogP contribution in [0.2, 0.25) is 0 Å². The summed E-state index contributed by atoms with van der Waals surface area (Å²) in [7, 11) is 0. The molecule has 1 radical (unpaired) electrons. The Morgan fingerprint density at radius 1 is 0.842 bits per heavy atom. The summed E-state index contributed by atoms with van der Waals surface area (Å²) in [4.78, 5) is 8.71. The average molecular weight is 694 g/mol. The van der Waals surface area contributed by atoms with Gasteiger partial charge in [0.2, 0.25) is 0 Å². The number of benzene rings is 3. The standard InChI is InChI=1S/C18H12NS.C16H16N.Ir/c1-12-6-8-16(19-11-12)13-7-9-18-15(10-13)14-4-2-3-5-17(14)20-18;1-2-8-14(9-3-1)16-11-10-15(12-17-16)13-6-4-5-7-13;/h2-6,8-11H,1H3;1-3,8,10-13H,4-7H2;/q2*-1;/i1D3,6D,8D;;. The van der Waals surface area contributed by atoms with Crippen molar-refractivity contribution in [3.05, 3.63) is 121 Å². The Bertz CT molecular complexity index is 1850. The second-order valence-corrected chi connectivity index (χ2v) is 10.3. The molecule has 0 atom stereocenters. The molecule has 0 N–H and O–H groups in total. The van der Waals surface area contributed by atoms with Crippen LogP contribution in [0.4, 0.5) is 0 Å². The maximum absolute atomic E-state index is 8.17. The second-order valence-electron chi connectivity index (χ2n) is 9.23. The van der Waals surface area contributed by atoms with Crippen molar-refractivity contribution in [1.82, 2.24) is 9.97 Å². The molecule has 1 fully saturated rings. The van der Waals surface area contributed by atoms with Gasteiger partial charge < -0.3 is 9.97 Å². The van der Waals surface area contributed by atoms with Gasteiger partial charge in [0.05, 0.1) is 2.74 Å². The third-order valence-electron chi connectivity index (χ3n) is 6.80. The normalized spacial score (nSPS) is 15.4. The Kier molecular flexibility index (Phi) is 6.62. The molecule has 2 nitrogen and oxygen atoms in total. The average Bonchev–Trinajstić information content (AvgIpc) is 3.67. The number of aromatic nitrogens is 2. The van der Waals surface area contributed by atoms with Crippen LogP contribution in [0, 0.1) is 19.0 Å². The van der Waals surface area contributed by atoms with Crippen molar-refractivity contribution in [2.75, 3.05) is 0 Å². The largest absolute Gasteiger partial charge is 0.304 e. The number of hydrogen-bond acceptors (Lipinski definition) is 3. The van der Waals surface area contributed by atoms with E-state index in [2.05, 4.69) is 46.4 Å². The molecule has 4 heteroatoms. The van der Waals surface area contributed by atoms with Crippen LogP contribution in [0.25, 0.3) is 42.7 Å². The van der Waals surface area contributed by atoms with Crippen molar-refractivity contribution in [3.63, 3.8) is 0 Å². The van der Waals surface area contributed by atoms with E-state index in [1.807, 2.05) is 54.7 Å². The van der Waals surface area contributed by atoms with Crippen molar-refractivity contribution in [1.29, 1.82) is 0 Å².